The van der Waals surface area contributed by atoms with Crippen molar-refractivity contribution in [2.75, 3.05) is 7.11 Å². The second-order valence-electron chi connectivity index (χ2n) is 4.83. The van der Waals surface area contributed by atoms with Crippen LogP contribution in [0.1, 0.15) is 17.7 Å². The molecule has 4 heteroatoms. The van der Waals surface area contributed by atoms with Crippen LogP contribution in [0.2, 0.25) is 0 Å². The van der Waals surface area contributed by atoms with E-state index in [0.29, 0.717) is 0 Å². The van der Waals surface area contributed by atoms with Crippen molar-refractivity contribution in [1.29, 1.82) is 0 Å². The maximum Gasteiger partial charge on any atom is 0.309 e. The van der Waals surface area contributed by atoms with E-state index in [1.54, 1.807) is 0 Å². The van der Waals surface area contributed by atoms with Crippen molar-refractivity contribution < 1.29 is 9.53 Å². The van der Waals surface area contributed by atoms with Gasteiger partial charge in [-0.25, -0.2) is 4.68 Å². The Morgan fingerprint density at radius 1 is 1.37 bits per heavy atom. The highest BCUT2D eigenvalue weighted by atomic mass is 16.5. The summed E-state index contributed by atoms with van der Waals surface area (Å²) in [6.45, 7) is 0. The van der Waals surface area contributed by atoms with Crippen LogP contribution in [0.3, 0.4) is 0 Å². The predicted octanol–water partition coefficient (Wildman–Crippen LogP) is 2.15. The predicted molar refractivity (Wildman–Crippen MR) is 71.1 cm³/mol. The van der Waals surface area contributed by atoms with Gasteiger partial charge in [0.25, 0.3) is 0 Å². The zero-order chi connectivity index (χ0) is 13.2. The Bertz CT molecular complexity index is 589. The SMILES string of the molecule is COC(=O)C1CCc2c(cnn2-c2ccccc2)C1. The van der Waals surface area contributed by atoms with Crippen LogP contribution >= 0.6 is 0 Å². The van der Waals surface area contributed by atoms with Crippen molar-refractivity contribution in [1.82, 2.24) is 9.78 Å². The first-order valence-electron chi connectivity index (χ1n) is 6.48. The van der Waals surface area contributed by atoms with E-state index < -0.39 is 0 Å². The third-order valence-corrected chi connectivity index (χ3v) is 3.69. The standard InChI is InChI=1S/C15H16N2O2/c1-19-15(18)11-7-8-14-12(9-11)10-16-17(14)13-5-3-2-4-6-13/h2-6,10-11H,7-9H2,1H3. The second kappa shape index (κ2) is 4.88. The number of ether oxygens (including phenoxy) is 1. The number of esters is 1. The molecule has 0 radical (unpaired) electrons. The van der Waals surface area contributed by atoms with Crippen LogP contribution in [0.25, 0.3) is 5.69 Å². The van der Waals surface area contributed by atoms with Gasteiger partial charge < -0.3 is 4.74 Å². The minimum atomic E-state index is -0.113. The molecule has 0 saturated carbocycles. The molecule has 4 nitrogen and oxygen atoms in total. The molecule has 0 amide bonds. The van der Waals surface area contributed by atoms with E-state index in [2.05, 4.69) is 5.10 Å². The number of fused-ring (bicyclic) bond motifs is 1. The number of carbonyl (C=O) groups excluding carboxylic acids is 1. The lowest BCUT2D eigenvalue weighted by Gasteiger charge is -2.20. The summed E-state index contributed by atoms with van der Waals surface area (Å²) in [7, 11) is 1.45. The average molecular weight is 256 g/mol. The van der Waals surface area contributed by atoms with Crippen LogP contribution in [-0.2, 0) is 22.4 Å². The van der Waals surface area contributed by atoms with E-state index in [4.69, 9.17) is 4.74 Å². The molecule has 19 heavy (non-hydrogen) atoms. The third kappa shape index (κ3) is 2.14. The van der Waals surface area contributed by atoms with Crippen LogP contribution in [0.5, 0.6) is 0 Å². The average Bonchev–Trinajstić information content (AvgIpc) is 2.90. The number of para-hydroxylation sites is 1. The largest absolute Gasteiger partial charge is 0.469 e. The summed E-state index contributed by atoms with van der Waals surface area (Å²) in [5, 5.41) is 4.45. The summed E-state index contributed by atoms with van der Waals surface area (Å²) in [5.41, 5.74) is 3.44. The Labute approximate surface area is 112 Å². The van der Waals surface area contributed by atoms with Gasteiger partial charge in [0.2, 0.25) is 0 Å². The van der Waals surface area contributed by atoms with Gasteiger partial charge in [-0.1, -0.05) is 18.2 Å². The van der Waals surface area contributed by atoms with Crippen LogP contribution < -0.4 is 0 Å². The number of rotatable bonds is 2. The van der Waals surface area contributed by atoms with Gasteiger partial charge in [0, 0.05) is 5.69 Å². The summed E-state index contributed by atoms with van der Waals surface area (Å²) in [5.74, 6) is -0.135. The number of carbonyl (C=O) groups is 1. The highest BCUT2D eigenvalue weighted by Crippen LogP contribution is 2.27. The number of nitrogens with zero attached hydrogens (tertiary/aromatic N) is 2. The minimum absolute atomic E-state index is 0.0223. The van der Waals surface area contributed by atoms with Crippen molar-refractivity contribution in [2.24, 2.45) is 5.92 Å². The van der Waals surface area contributed by atoms with Gasteiger partial charge >= 0.3 is 5.97 Å². The quantitative estimate of drug-likeness (QED) is 0.773. The number of hydrogen-bond donors (Lipinski definition) is 0. The van der Waals surface area contributed by atoms with Crippen LogP contribution in [0, 0.1) is 5.92 Å². The molecule has 0 spiro atoms. The molecule has 1 aromatic carbocycles. The molecule has 1 atom stereocenters. The van der Waals surface area contributed by atoms with Gasteiger partial charge in [-0.3, -0.25) is 4.79 Å². The summed E-state index contributed by atoms with van der Waals surface area (Å²) in [6.07, 6.45) is 4.30. The second-order valence-corrected chi connectivity index (χ2v) is 4.83. The minimum Gasteiger partial charge on any atom is -0.469 e. The Morgan fingerprint density at radius 3 is 2.89 bits per heavy atom. The number of aromatic nitrogens is 2. The summed E-state index contributed by atoms with van der Waals surface area (Å²) in [4.78, 5) is 11.6. The van der Waals surface area contributed by atoms with Gasteiger partial charge in [0.05, 0.1) is 24.9 Å². The maximum absolute atomic E-state index is 11.6. The first kappa shape index (κ1) is 12.0. The number of hydrogen-bond acceptors (Lipinski definition) is 3. The van der Waals surface area contributed by atoms with Gasteiger partial charge in [-0.15, -0.1) is 0 Å². The zero-order valence-corrected chi connectivity index (χ0v) is 10.9. The highest BCUT2D eigenvalue weighted by Gasteiger charge is 2.28. The Kier molecular flexibility index (Phi) is 3.07. The maximum atomic E-state index is 11.6. The molecule has 0 saturated heterocycles. The first-order valence-corrected chi connectivity index (χ1v) is 6.48. The molecule has 1 aromatic heterocycles. The van der Waals surface area contributed by atoms with Gasteiger partial charge in [0.1, 0.15) is 0 Å². The van der Waals surface area contributed by atoms with E-state index in [1.165, 1.54) is 12.8 Å². The van der Waals surface area contributed by atoms with E-state index in [-0.39, 0.29) is 11.9 Å². The molecule has 98 valence electrons. The van der Waals surface area contributed by atoms with Crippen molar-refractivity contribution >= 4 is 5.97 Å². The van der Waals surface area contributed by atoms with Crippen molar-refractivity contribution in [3.63, 3.8) is 0 Å². The number of benzene rings is 1. The molecule has 0 bridgehead atoms. The van der Waals surface area contributed by atoms with Crippen molar-refractivity contribution in [3.8, 4) is 5.69 Å². The van der Waals surface area contributed by atoms with E-state index in [0.717, 1.165) is 30.5 Å². The van der Waals surface area contributed by atoms with Crippen LogP contribution in [0.15, 0.2) is 36.5 Å². The molecule has 1 unspecified atom stereocenters. The fraction of sp³-hybridized carbons (Fsp3) is 0.333. The Balaban J connectivity index is 1.90. The normalized spacial score (nSPS) is 17.8. The fourth-order valence-electron chi connectivity index (χ4n) is 2.68. The van der Waals surface area contributed by atoms with E-state index >= 15 is 0 Å². The molecule has 3 rings (SSSR count). The Hall–Kier alpha value is -2.10. The summed E-state index contributed by atoms with van der Waals surface area (Å²) >= 11 is 0. The molecule has 2 aromatic rings. The molecule has 0 aliphatic heterocycles. The van der Waals surface area contributed by atoms with Gasteiger partial charge in [0.15, 0.2) is 0 Å². The highest BCUT2D eigenvalue weighted by molar-refractivity contribution is 5.73. The van der Waals surface area contributed by atoms with Crippen LogP contribution in [0.4, 0.5) is 0 Å². The molecule has 1 heterocycles. The lowest BCUT2D eigenvalue weighted by atomic mass is 9.88. The number of methoxy groups -OCH3 is 1. The fourth-order valence-corrected chi connectivity index (χ4v) is 2.68. The lowest BCUT2D eigenvalue weighted by Crippen LogP contribution is -2.24. The summed E-state index contributed by atoms with van der Waals surface area (Å²) in [6, 6.07) is 10.1. The van der Waals surface area contributed by atoms with Gasteiger partial charge in [-0.05, 0) is 37.0 Å². The monoisotopic (exact) mass is 256 g/mol. The van der Waals surface area contributed by atoms with E-state index in [1.807, 2.05) is 41.2 Å². The third-order valence-electron chi connectivity index (χ3n) is 3.69. The van der Waals surface area contributed by atoms with Crippen LogP contribution in [-0.4, -0.2) is 22.9 Å². The summed E-state index contributed by atoms with van der Waals surface area (Å²) < 4.78 is 6.81. The Morgan fingerprint density at radius 2 is 2.16 bits per heavy atom. The van der Waals surface area contributed by atoms with E-state index in [9.17, 15) is 4.79 Å². The smallest absolute Gasteiger partial charge is 0.309 e. The van der Waals surface area contributed by atoms with Gasteiger partial charge in [-0.2, -0.15) is 5.10 Å². The molecule has 1 aliphatic rings. The lowest BCUT2D eigenvalue weighted by molar-refractivity contribution is -0.145. The topological polar surface area (TPSA) is 44.1 Å². The molecular weight excluding hydrogens is 240 g/mol. The first-order chi connectivity index (χ1) is 9.29. The van der Waals surface area contributed by atoms with Crippen molar-refractivity contribution in [3.05, 3.63) is 47.8 Å². The molecule has 0 N–H and O–H groups in total. The van der Waals surface area contributed by atoms with Crippen molar-refractivity contribution in [2.45, 2.75) is 19.3 Å². The molecule has 1 aliphatic carbocycles. The molecular formula is C15H16N2O2. The zero-order valence-electron chi connectivity index (χ0n) is 10.9. The molecule has 0 fully saturated rings.